The minimum Gasteiger partial charge on any atom is -0.480 e. The first kappa shape index (κ1) is 15.2. The maximum atomic E-state index is 12.4. The van der Waals surface area contributed by atoms with Gasteiger partial charge in [-0.25, -0.2) is 0 Å². The number of nitrogens with zero attached hydrogens (tertiary/aromatic N) is 1. The average Bonchev–Trinajstić information content (AvgIpc) is 2.38. The minimum absolute atomic E-state index is 0.115. The van der Waals surface area contributed by atoms with Gasteiger partial charge in [-0.1, -0.05) is 31.5 Å². The molecule has 0 atom stereocenters. The van der Waals surface area contributed by atoms with E-state index >= 15 is 0 Å². The van der Waals surface area contributed by atoms with E-state index in [0.717, 1.165) is 18.4 Å². The predicted octanol–water partition coefficient (Wildman–Crippen LogP) is 2.85. The molecule has 1 aromatic rings. The van der Waals surface area contributed by atoms with E-state index in [1.807, 2.05) is 32.9 Å². The van der Waals surface area contributed by atoms with Crippen molar-refractivity contribution in [2.75, 3.05) is 11.4 Å². The monoisotopic (exact) mass is 263 g/mol. The molecule has 0 fully saturated rings. The molecule has 0 unspecified atom stereocenters. The van der Waals surface area contributed by atoms with Crippen LogP contribution in [0.1, 0.15) is 32.3 Å². The van der Waals surface area contributed by atoms with Crippen molar-refractivity contribution in [3.8, 4) is 0 Å². The van der Waals surface area contributed by atoms with E-state index in [2.05, 4.69) is 0 Å². The maximum Gasteiger partial charge on any atom is 0.323 e. The van der Waals surface area contributed by atoms with Crippen LogP contribution in [-0.4, -0.2) is 23.5 Å². The first-order valence-electron chi connectivity index (χ1n) is 6.59. The Morgan fingerprint density at radius 1 is 1.16 bits per heavy atom. The fraction of sp³-hybridized carbons (Fsp3) is 0.467. The molecule has 0 spiro atoms. The third kappa shape index (κ3) is 4.09. The first-order valence-corrected chi connectivity index (χ1v) is 6.59. The number of benzene rings is 1. The second kappa shape index (κ2) is 6.92. The third-order valence-corrected chi connectivity index (χ3v) is 3.24. The van der Waals surface area contributed by atoms with Crippen LogP contribution >= 0.6 is 0 Å². The number of hydrogen-bond donors (Lipinski definition) is 1. The standard InChI is InChI=1S/C15H21NO3/c1-4-12(5-2)15(19)16(10-14(17)18)13-8-6-11(3)7-9-13/h6-9,12H,4-5,10H2,1-3H3,(H,17,18). The number of carbonyl (C=O) groups is 2. The fourth-order valence-corrected chi connectivity index (χ4v) is 2.01. The van der Waals surface area contributed by atoms with E-state index in [4.69, 9.17) is 5.11 Å². The molecular formula is C15H21NO3. The summed E-state index contributed by atoms with van der Waals surface area (Å²) in [4.78, 5) is 24.7. The second-order valence-electron chi connectivity index (χ2n) is 4.67. The van der Waals surface area contributed by atoms with Gasteiger partial charge in [0.15, 0.2) is 0 Å². The Kier molecular flexibility index (Phi) is 5.55. The summed E-state index contributed by atoms with van der Waals surface area (Å²) in [6, 6.07) is 7.34. The van der Waals surface area contributed by atoms with Crippen LogP contribution in [0.5, 0.6) is 0 Å². The molecule has 0 saturated heterocycles. The van der Waals surface area contributed by atoms with Gasteiger partial charge < -0.3 is 10.0 Å². The number of rotatable bonds is 6. The van der Waals surface area contributed by atoms with Crippen LogP contribution in [0.15, 0.2) is 24.3 Å². The zero-order valence-electron chi connectivity index (χ0n) is 11.7. The molecule has 104 valence electrons. The van der Waals surface area contributed by atoms with Crippen LogP contribution in [-0.2, 0) is 9.59 Å². The zero-order valence-corrected chi connectivity index (χ0v) is 11.7. The van der Waals surface area contributed by atoms with E-state index in [1.165, 1.54) is 4.90 Å². The van der Waals surface area contributed by atoms with Crippen LogP contribution in [0.25, 0.3) is 0 Å². The van der Waals surface area contributed by atoms with Gasteiger partial charge in [0.25, 0.3) is 0 Å². The molecule has 0 bridgehead atoms. The summed E-state index contributed by atoms with van der Waals surface area (Å²) in [6.45, 7) is 5.55. The van der Waals surface area contributed by atoms with Gasteiger partial charge in [-0.15, -0.1) is 0 Å². The maximum absolute atomic E-state index is 12.4. The van der Waals surface area contributed by atoms with E-state index in [-0.39, 0.29) is 18.4 Å². The van der Waals surface area contributed by atoms with Gasteiger partial charge in [-0.2, -0.15) is 0 Å². The van der Waals surface area contributed by atoms with Crippen molar-refractivity contribution in [1.82, 2.24) is 0 Å². The van der Waals surface area contributed by atoms with E-state index < -0.39 is 5.97 Å². The smallest absolute Gasteiger partial charge is 0.323 e. The molecule has 0 aliphatic carbocycles. The molecule has 1 aromatic carbocycles. The van der Waals surface area contributed by atoms with Gasteiger partial charge in [0.1, 0.15) is 6.54 Å². The van der Waals surface area contributed by atoms with Crippen molar-refractivity contribution in [1.29, 1.82) is 0 Å². The number of carboxylic acids is 1. The van der Waals surface area contributed by atoms with Gasteiger partial charge in [0, 0.05) is 11.6 Å². The van der Waals surface area contributed by atoms with Crippen LogP contribution in [0.2, 0.25) is 0 Å². The zero-order chi connectivity index (χ0) is 14.4. The van der Waals surface area contributed by atoms with Crippen LogP contribution < -0.4 is 4.90 Å². The van der Waals surface area contributed by atoms with Gasteiger partial charge in [0.05, 0.1) is 0 Å². The molecule has 0 saturated carbocycles. The third-order valence-electron chi connectivity index (χ3n) is 3.24. The highest BCUT2D eigenvalue weighted by Crippen LogP contribution is 2.20. The lowest BCUT2D eigenvalue weighted by Gasteiger charge is -2.25. The predicted molar refractivity (Wildman–Crippen MR) is 75.2 cm³/mol. The van der Waals surface area contributed by atoms with Gasteiger partial charge in [-0.05, 0) is 31.9 Å². The molecule has 1 rings (SSSR count). The summed E-state index contributed by atoms with van der Waals surface area (Å²) in [5, 5.41) is 8.98. The van der Waals surface area contributed by atoms with Crippen LogP contribution in [0, 0.1) is 12.8 Å². The minimum atomic E-state index is -1.00. The lowest BCUT2D eigenvalue weighted by atomic mass is 10.0. The van der Waals surface area contributed by atoms with Crippen molar-refractivity contribution in [2.24, 2.45) is 5.92 Å². The quantitative estimate of drug-likeness (QED) is 0.858. The van der Waals surface area contributed by atoms with E-state index in [0.29, 0.717) is 5.69 Å². The number of amides is 1. The molecule has 4 heteroatoms. The summed E-state index contributed by atoms with van der Waals surface area (Å²) in [7, 11) is 0. The Morgan fingerprint density at radius 2 is 1.68 bits per heavy atom. The molecule has 1 N–H and O–H groups in total. The number of aryl methyl sites for hydroxylation is 1. The molecule has 0 aliphatic rings. The number of aliphatic carboxylic acids is 1. The topological polar surface area (TPSA) is 57.6 Å². The van der Waals surface area contributed by atoms with Crippen molar-refractivity contribution in [3.63, 3.8) is 0 Å². The van der Waals surface area contributed by atoms with Crippen molar-refractivity contribution < 1.29 is 14.7 Å². The average molecular weight is 263 g/mol. The normalized spacial score (nSPS) is 10.5. The molecule has 0 aromatic heterocycles. The molecule has 0 radical (unpaired) electrons. The largest absolute Gasteiger partial charge is 0.480 e. The number of hydrogen-bond acceptors (Lipinski definition) is 2. The van der Waals surface area contributed by atoms with Crippen molar-refractivity contribution >= 4 is 17.6 Å². The molecule has 4 nitrogen and oxygen atoms in total. The van der Waals surface area contributed by atoms with E-state index in [9.17, 15) is 9.59 Å². The Balaban J connectivity index is 3.03. The highest BCUT2D eigenvalue weighted by molar-refractivity contribution is 5.98. The Labute approximate surface area is 114 Å². The summed E-state index contributed by atoms with van der Waals surface area (Å²) < 4.78 is 0. The van der Waals surface area contributed by atoms with E-state index in [1.54, 1.807) is 12.1 Å². The molecular weight excluding hydrogens is 242 g/mol. The summed E-state index contributed by atoms with van der Waals surface area (Å²) in [6.07, 6.45) is 1.44. The Morgan fingerprint density at radius 3 is 2.11 bits per heavy atom. The lowest BCUT2D eigenvalue weighted by molar-refractivity contribution is -0.137. The summed E-state index contributed by atoms with van der Waals surface area (Å²) in [5.74, 6) is -1.24. The number of carboxylic acid groups (broad SMARTS) is 1. The number of carbonyl (C=O) groups excluding carboxylic acids is 1. The number of anilines is 1. The Bertz CT molecular complexity index is 435. The highest BCUT2D eigenvalue weighted by atomic mass is 16.4. The van der Waals surface area contributed by atoms with Gasteiger partial charge >= 0.3 is 5.97 Å². The van der Waals surface area contributed by atoms with Crippen LogP contribution in [0.4, 0.5) is 5.69 Å². The van der Waals surface area contributed by atoms with Crippen LogP contribution in [0.3, 0.4) is 0 Å². The Hall–Kier alpha value is -1.84. The second-order valence-corrected chi connectivity index (χ2v) is 4.67. The summed E-state index contributed by atoms with van der Waals surface area (Å²) >= 11 is 0. The van der Waals surface area contributed by atoms with Gasteiger partial charge in [-0.3, -0.25) is 9.59 Å². The molecule has 19 heavy (non-hydrogen) atoms. The fourth-order valence-electron chi connectivity index (χ4n) is 2.01. The molecule has 1 amide bonds. The van der Waals surface area contributed by atoms with Crippen molar-refractivity contribution in [2.45, 2.75) is 33.6 Å². The first-order chi connectivity index (χ1) is 8.99. The lowest BCUT2D eigenvalue weighted by Crippen LogP contribution is -2.39. The molecule has 0 heterocycles. The highest BCUT2D eigenvalue weighted by Gasteiger charge is 2.24. The van der Waals surface area contributed by atoms with Crippen molar-refractivity contribution in [3.05, 3.63) is 29.8 Å². The SMILES string of the molecule is CCC(CC)C(=O)N(CC(=O)O)c1ccc(C)cc1. The van der Waals surface area contributed by atoms with Gasteiger partial charge in [0.2, 0.25) is 5.91 Å². The summed E-state index contributed by atoms with van der Waals surface area (Å²) in [5.41, 5.74) is 1.72. The molecule has 0 aliphatic heterocycles.